The summed E-state index contributed by atoms with van der Waals surface area (Å²) in [5, 5.41) is 9.34. The third-order valence-corrected chi connectivity index (χ3v) is 5.06. The second kappa shape index (κ2) is 12.3. The number of thioether (sulfide) groups is 1. The number of piperazine rings is 1. The van der Waals surface area contributed by atoms with Crippen LogP contribution in [0.25, 0.3) is 0 Å². The first-order chi connectivity index (χ1) is 13.6. The highest BCUT2D eigenvalue weighted by molar-refractivity contribution is 7.98. The molecular formula is C20H31N5O2S. The van der Waals surface area contributed by atoms with Gasteiger partial charge in [-0.05, 0) is 49.5 Å². The van der Waals surface area contributed by atoms with E-state index in [0.717, 1.165) is 31.0 Å². The van der Waals surface area contributed by atoms with Crippen LogP contribution >= 0.6 is 11.8 Å². The van der Waals surface area contributed by atoms with E-state index in [2.05, 4.69) is 27.2 Å². The number of hydrogen-bond donors (Lipinski definition) is 3. The Kier molecular flexibility index (Phi) is 9.68. The maximum Gasteiger partial charge on any atom is 0.254 e. The van der Waals surface area contributed by atoms with Crippen molar-refractivity contribution in [3.05, 3.63) is 35.4 Å². The molecule has 0 saturated carbocycles. The zero-order valence-corrected chi connectivity index (χ0v) is 17.6. The largest absolute Gasteiger partial charge is 0.357 e. The molecule has 0 aliphatic carbocycles. The lowest BCUT2D eigenvalue weighted by Crippen LogP contribution is -2.49. The lowest BCUT2D eigenvalue weighted by Gasteiger charge is -2.26. The molecule has 0 spiro atoms. The fourth-order valence-electron chi connectivity index (χ4n) is 2.84. The van der Waals surface area contributed by atoms with Crippen molar-refractivity contribution in [2.24, 2.45) is 4.99 Å². The minimum atomic E-state index is -0.109. The molecule has 1 fully saturated rings. The van der Waals surface area contributed by atoms with Crippen LogP contribution in [0.4, 0.5) is 0 Å². The van der Waals surface area contributed by atoms with Gasteiger partial charge in [0, 0.05) is 31.7 Å². The topological polar surface area (TPSA) is 85.8 Å². The van der Waals surface area contributed by atoms with E-state index in [1.165, 1.54) is 12.2 Å². The third-order valence-electron chi connectivity index (χ3n) is 4.36. The first-order valence-corrected chi connectivity index (χ1v) is 11.2. The number of hydrogen-bond acceptors (Lipinski definition) is 4. The molecule has 1 aromatic carbocycles. The van der Waals surface area contributed by atoms with Gasteiger partial charge in [-0.3, -0.25) is 9.59 Å². The van der Waals surface area contributed by atoms with Crippen molar-refractivity contribution >= 4 is 29.5 Å². The number of carbonyl (C=O) groups excluding carboxylic acids is 2. The van der Waals surface area contributed by atoms with Crippen LogP contribution in [-0.4, -0.2) is 67.4 Å². The summed E-state index contributed by atoms with van der Waals surface area (Å²) in [6.07, 6.45) is 4.44. The van der Waals surface area contributed by atoms with Crippen LogP contribution in [0.5, 0.6) is 0 Å². The highest BCUT2D eigenvalue weighted by Gasteiger charge is 2.21. The summed E-state index contributed by atoms with van der Waals surface area (Å²) >= 11 is 1.87. The van der Waals surface area contributed by atoms with Crippen molar-refractivity contribution in [1.82, 2.24) is 20.9 Å². The number of unbranched alkanes of at least 4 members (excludes halogenated alkanes) is 1. The number of benzene rings is 1. The minimum Gasteiger partial charge on any atom is -0.357 e. The molecule has 1 aliphatic heterocycles. The number of carbonyl (C=O) groups is 2. The Bertz CT molecular complexity index is 663. The normalized spacial score (nSPS) is 14.6. The summed E-state index contributed by atoms with van der Waals surface area (Å²) in [4.78, 5) is 30.2. The molecule has 7 nitrogen and oxygen atoms in total. The smallest absolute Gasteiger partial charge is 0.254 e. The SMILES string of the molecule is CCNC(=NCc1ccc(C(=O)N2CCNC(=O)C2)cc1)NCCCCSC. The molecule has 1 saturated heterocycles. The zero-order valence-electron chi connectivity index (χ0n) is 16.8. The average Bonchev–Trinajstić information content (AvgIpc) is 2.71. The molecule has 1 aromatic rings. The number of amides is 2. The van der Waals surface area contributed by atoms with E-state index in [4.69, 9.17) is 0 Å². The first kappa shape index (κ1) is 22.1. The molecule has 0 bridgehead atoms. The Balaban J connectivity index is 1.87. The van der Waals surface area contributed by atoms with E-state index in [1.807, 2.05) is 43.0 Å². The summed E-state index contributed by atoms with van der Waals surface area (Å²) in [7, 11) is 0. The molecule has 0 unspecified atom stereocenters. The van der Waals surface area contributed by atoms with E-state index in [9.17, 15) is 9.59 Å². The predicted molar refractivity (Wildman–Crippen MR) is 116 cm³/mol. The zero-order chi connectivity index (χ0) is 20.2. The van der Waals surface area contributed by atoms with Crippen molar-refractivity contribution in [1.29, 1.82) is 0 Å². The van der Waals surface area contributed by atoms with Gasteiger partial charge in [0.15, 0.2) is 5.96 Å². The highest BCUT2D eigenvalue weighted by Crippen LogP contribution is 2.10. The van der Waals surface area contributed by atoms with E-state index in [1.54, 1.807) is 4.90 Å². The number of nitrogens with one attached hydrogen (secondary N) is 3. The van der Waals surface area contributed by atoms with Gasteiger partial charge in [0.2, 0.25) is 5.91 Å². The molecule has 154 valence electrons. The highest BCUT2D eigenvalue weighted by atomic mass is 32.2. The van der Waals surface area contributed by atoms with E-state index < -0.39 is 0 Å². The minimum absolute atomic E-state index is 0.106. The van der Waals surface area contributed by atoms with Gasteiger partial charge in [-0.25, -0.2) is 4.99 Å². The van der Waals surface area contributed by atoms with Crippen molar-refractivity contribution in [2.45, 2.75) is 26.3 Å². The van der Waals surface area contributed by atoms with Crippen molar-refractivity contribution in [3.8, 4) is 0 Å². The Morgan fingerprint density at radius 3 is 2.71 bits per heavy atom. The fourth-order valence-corrected chi connectivity index (χ4v) is 3.33. The van der Waals surface area contributed by atoms with E-state index >= 15 is 0 Å². The number of guanidine groups is 1. The quantitative estimate of drug-likeness (QED) is 0.329. The summed E-state index contributed by atoms with van der Waals surface area (Å²) in [6.45, 7) is 5.49. The van der Waals surface area contributed by atoms with Crippen LogP contribution in [0.15, 0.2) is 29.3 Å². The predicted octanol–water partition coefficient (Wildman–Crippen LogP) is 1.46. The van der Waals surface area contributed by atoms with Gasteiger partial charge in [-0.15, -0.1) is 0 Å². The molecule has 1 heterocycles. The van der Waals surface area contributed by atoms with Gasteiger partial charge < -0.3 is 20.9 Å². The molecule has 2 rings (SSSR count). The molecule has 0 aromatic heterocycles. The second-order valence-electron chi connectivity index (χ2n) is 6.60. The van der Waals surface area contributed by atoms with Gasteiger partial charge in [0.1, 0.15) is 0 Å². The Labute approximate surface area is 171 Å². The van der Waals surface area contributed by atoms with Gasteiger partial charge in [0.05, 0.1) is 13.1 Å². The van der Waals surface area contributed by atoms with Gasteiger partial charge >= 0.3 is 0 Å². The third kappa shape index (κ3) is 7.42. The number of aliphatic imine (C=N–C) groups is 1. The Morgan fingerprint density at radius 2 is 2.04 bits per heavy atom. The summed E-state index contributed by atoms with van der Waals surface area (Å²) < 4.78 is 0. The average molecular weight is 406 g/mol. The van der Waals surface area contributed by atoms with Crippen LogP contribution in [0, 0.1) is 0 Å². The Hall–Kier alpha value is -2.22. The van der Waals surface area contributed by atoms with Crippen molar-refractivity contribution < 1.29 is 9.59 Å². The molecule has 2 amide bonds. The maximum absolute atomic E-state index is 12.5. The fraction of sp³-hybridized carbons (Fsp3) is 0.550. The Morgan fingerprint density at radius 1 is 1.25 bits per heavy atom. The molecule has 1 aliphatic rings. The molecule has 8 heteroatoms. The molecule has 0 radical (unpaired) electrons. The van der Waals surface area contributed by atoms with Gasteiger partial charge in [-0.2, -0.15) is 11.8 Å². The summed E-state index contributed by atoms with van der Waals surface area (Å²) in [5.41, 5.74) is 1.63. The molecule has 3 N–H and O–H groups in total. The van der Waals surface area contributed by atoms with Crippen molar-refractivity contribution in [3.63, 3.8) is 0 Å². The van der Waals surface area contributed by atoms with E-state index in [-0.39, 0.29) is 18.4 Å². The molecular weight excluding hydrogens is 374 g/mol. The van der Waals surface area contributed by atoms with Crippen molar-refractivity contribution in [2.75, 3.05) is 44.7 Å². The van der Waals surface area contributed by atoms with Gasteiger partial charge in [0.25, 0.3) is 5.91 Å². The first-order valence-electron chi connectivity index (χ1n) is 9.80. The lowest BCUT2D eigenvalue weighted by atomic mass is 10.1. The number of rotatable bonds is 9. The lowest BCUT2D eigenvalue weighted by molar-refractivity contribution is -0.123. The second-order valence-corrected chi connectivity index (χ2v) is 7.58. The standard InChI is InChI=1S/C20H31N5O2S/c1-3-21-20(23-10-4-5-13-28-2)24-14-16-6-8-17(9-7-16)19(27)25-12-11-22-18(26)15-25/h6-9H,3-5,10-15H2,1-2H3,(H,22,26)(H2,21,23,24). The van der Waals surface area contributed by atoms with Crippen LogP contribution < -0.4 is 16.0 Å². The van der Waals surface area contributed by atoms with Crippen LogP contribution in [0.2, 0.25) is 0 Å². The van der Waals surface area contributed by atoms with Crippen LogP contribution in [0.3, 0.4) is 0 Å². The maximum atomic E-state index is 12.5. The summed E-state index contributed by atoms with van der Waals surface area (Å²) in [5.74, 6) is 1.78. The monoisotopic (exact) mass is 405 g/mol. The van der Waals surface area contributed by atoms with E-state index in [0.29, 0.717) is 25.2 Å². The number of nitrogens with zero attached hydrogens (tertiary/aromatic N) is 2. The molecule has 0 atom stereocenters. The van der Waals surface area contributed by atoms with Crippen LogP contribution in [0.1, 0.15) is 35.7 Å². The summed E-state index contributed by atoms with van der Waals surface area (Å²) in [6, 6.07) is 7.45. The molecule has 28 heavy (non-hydrogen) atoms. The van der Waals surface area contributed by atoms with Crippen LogP contribution in [-0.2, 0) is 11.3 Å². The van der Waals surface area contributed by atoms with Gasteiger partial charge in [-0.1, -0.05) is 12.1 Å².